The molecule has 2 heterocycles. The summed E-state index contributed by atoms with van der Waals surface area (Å²) in [6.45, 7) is 8.96. The summed E-state index contributed by atoms with van der Waals surface area (Å²) in [5.74, 6) is 0.636. The standard InChI is InChI=1S/C18H30N4O/c1-15(2)12-17(16-6-4-7-19-13-16)20-18(23)14-22-9-5-8-21(3)10-11-22/h4,6-7,13,15,17H,5,8-12,14H2,1-3H3,(H,20,23). The molecule has 1 aliphatic rings. The highest BCUT2D eigenvalue weighted by Gasteiger charge is 2.19. The first-order valence-corrected chi connectivity index (χ1v) is 8.64. The number of amides is 1. The Kier molecular flexibility index (Phi) is 6.99. The van der Waals surface area contributed by atoms with Gasteiger partial charge in [-0.1, -0.05) is 19.9 Å². The van der Waals surface area contributed by atoms with Crippen LogP contribution in [-0.4, -0.2) is 60.5 Å². The molecule has 0 spiro atoms. The van der Waals surface area contributed by atoms with Crippen molar-refractivity contribution in [2.75, 3.05) is 39.8 Å². The van der Waals surface area contributed by atoms with Crippen LogP contribution in [0, 0.1) is 5.92 Å². The molecule has 1 atom stereocenters. The number of carbonyl (C=O) groups is 1. The molecule has 0 saturated carbocycles. The van der Waals surface area contributed by atoms with Crippen LogP contribution in [-0.2, 0) is 4.79 Å². The Balaban J connectivity index is 1.92. The number of rotatable bonds is 6. The molecule has 23 heavy (non-hydrogen) atoms. The van der Waals surface area contributed by atoms with Crippen LogP contribution in [0.3, 0.4) is 0 Å². The Bertz CT molecular complexity index is 477. The van der Waals surface area contributed by atoms with Gasteiger partial charge in [-0.25, -0.2) is 0 Å². The maximum absolute atomic E-state index is 12.5. The number of pyridine rings is 1. The molecule has 1 aliphatic heterocycles. The summed E-state index contributed by atoms with van der Waals surface area (Å²) in [4.78, 5) is 21.3. The van der Waals surface area contributed by atoms with Crippen LogP contribution in [0.1, 0.15) is 38.3 Å². The van der Waals surface area contributed by atoms with E-state index in [1.54, 1.807) is 6.20 Å². The minimum Gasteiger partial charge on any atom is -0.348 e. The van der Waals surface area contributed by atoms with Crippen molar-refractivity contribution in [3.05, 3.63) is 30.1 Å². The van der Waals surface area contributed by atoms with Crippen molar-refractivity contribution in [1.29, 1.82) is 0 Å². The van der Waals surface area contributed by atoms with Crippen LogP contribution < -0.4 is 5.32 Å². The topological polar surface area (TPSA) is 48.5 Å². The first-order valence-electron chi connectivity index (χ1n) is 8.64. The van der Waals surface area contributed by atoms with Gasteiger partial charge in [0.25, 0.3) is 0 Å². The van der Waals surface area contributed by atoms with E-state index < -0.39 is 0 Å². The molecule has 1 saturated heterocycles. The second-order valence-electron chi connectivity index (χ2n) is 6.97. The van der Waals surface area contributed by atoms with Crippen molar-refractivity contribution in [3.63, 3.8) is 0 Å². The highest BCUT2D eigenvalue weighted by atomic mass is 16.2. The number of carbonyl (C=O) groups excluding carboxylic acids is 1. The van der Waals surface area contributed by atoms with Crippen molar-refractivity contribution in [2.45, 2.75) is 32.7 Å². The maximum atomic E-state index is 12.5. The lowest BCUT2D eigenvalue weighted by Gasteiger charge is -2.24. The van der Waals surface area contributed by atoms with Crippen molar-refractivity contribution in [3.8, 4) is 0 Å². The second kappa shape index (κ2) is 8.99. The molecular weight excluding hydrogens is 288 g/mol. The summed E-state index contributed by atoms with van der Waals surface area (Å²) in [5, 5.41) is 3.21. The van der Waals surface area contributed by atoms with Crippen molar-refractivity contribution < 1.29 is 4.79 Å². The van der Waals surface area contributed by atoms with Crippen molar-refractivity contribution in [1.82, 2.24) is 20.1 Å². The number of likely N-dealkylation sites (N-methyl/N-ethyl adjacent to an activating group) is 1. The Labute approximate surface area is 140 Å². The van der Waals surface area contributed by atoms with Gasteiger partial charge in [-0.15, -0.1) is 0 Å². The van der Waals surface area contributed by atoms with E-state index in [2.05, 4.69) is 41.0 Å². The van der Waals surface area contributed by atoms with Gasteiger partial charge in [0, 0.05) is 25.5 Å². The van der Waals surface area contributed by atoms with Crippen LogP contribution in [0.5, 0.6) is 0 Å². The first-order chi connectivity index (χ1) is 11.0. The lowest BCUT2D eigenvalue weighted by Crippen LogP contribution is -2.40. The highest BCUT2D eigenvalue weighted by molar-refractivity contribution is 5.78. The lowest BCUT2D eigenvalue weighted by atomic mass is 9.98. The van der Waals surface area contributed by atoms with E-state index in [9.17, 15) is 4.79 Å². The molecule has 0 aliphatic carbocycles. The van der Waals surface area contributed by atoms with Crippen LogP contribution in [0.15, 0.2) is 24.5 Å². The van der Waals surface area contributed by atoms with E-state index in [0.717, 1.165) is 44.6 Å². The van der Waals surface area contributed by atoms with Gasteiger partial charge in [0.1, 0.15) is 0 Å². The van der Waals surface area contributed by atoms with Gasteiger partial charge in [-0.3, -0.25) is 14.7 Å². The van der Waals surface area contributed by atoms with Gasteiger partial charge in [-0.05, 0) is 50.5 Å². The predicted octanol–water partition coefficient (Wildman–Crippen LogP) is 1.92. The molecule has 0 radical (unpaired) electrons. The fourth-order valence-corrected chi connectivity index (χ4v) is 3.03. The van der Waals surface area contributed by atoms with Gasteiger partial charge in [0.2, 0.25) is 5.91 Å². The summed E-state index contributed by atoms with van der Waals surface area (Å²) in [5.41, 5.74) is 1.09. The largest absolute Gasteiger partial charge is 0.348 e. The number of nitrogens with zero attached hydrogens (tertiary/aromatic N) is 3. The molecule has 1 unspecified atom stereocenters. The zero-order chi connectivity index (χ0) is 16.7. The van der Waals surface area contributed by atoms with Gasteiger partial charge in [0.15, 0.2) is 0 Å². The quantitative estimate of drug-likeness (QED) is 0.870. The molecule has 0 bridgehead atoms. The molecule has 1 aromatic rings. The normalized spacial score (nSPS) is 18.6. The third-order valence-corrected chi connectivity index (χ3v) is 4.31. The Morgan fingerprint density at radius 1 is 1.30 bits per heavy atom. The first kappa shape index (κ1) is 17.9. The Morgan fingerprint density at radius 3 is 2.83 bits per heavy atom. The number of nitrogens with one attached hydrogen (secondary N) is 1. The predicted molar refractivity (Wildman–Crippen MR) is 93.1 cm³/mol. The molecule has 1 N–H and O–H groups in total. The molecule has 2 rings (SSSR count). The molecule has 1 amide bonds. The second-order valence-corrected chi connectivity index (χ2v) is 6.97. The summed E-state index contributed by atoms with van der Waals surface area (Å²) in [7, 11) is 2.14. The highest BCUT2D eigenvalue weighted by Crippen LogP contribution is 2.20. The molecule has 1 aromatic heterocycles. The maximum Gasteiger partial charge on any atom is 0.234 e. The fraction of sp³-hybridized carbons (Fsp3) is 0.667. The zero-order valence-electron chi connectivity index (χ0n) is 14.7. The van der Waals surface area contributed by atoms with E-state index in [4.69, 9.17) is 0 Å². The van der Waals surface area contributed by atoms with Crippen LogP contribution in [0.25, 0.3) is 0 Å². The number of hydrogen-bond donors (Lipinski definition) is 1. The van der Waals surface area contributed by atoms with Crippen LogP contribution in [0.2, 0.25) is 0 Å². The molecule has 5 nitrogen and oxygen atoms in total. The summed E-state index contributed by atoms with van der Waals surface area (Å²) < 4.78 is 0. The van der Waals surface area contributed by atoms with Crippen molar-refractivity contribution >= 4 is 5.91 Å². The monoisotopic (exact) mass is 318 g/mol. The minimum atomic E-state index is 0.0471. The third-order valence-electron chi connectivity index (χ3n) is 4.31. The summed E-state index contributed by atoms with van der Waals surface area (Å²) in [6, 6.07) is 4.02. The molecule has 1 fully saturated rings. The molecule has 0 aromatic carbocycles. The van der Waals surface area contributed by atoms with Gasteiger partial charge in [-0.2, -0.15) is 0 Å². The average Bonchev–Trinajstić information content (AvgIpc) is 2.72. The number of hydrogen-bond acceptors (Lipinski definition) is 4. The van der Waals surface area contributed by atoms with Gasteiger partial charge >= 0.3 is 0 Å². The molecule has 128 valence electrons. The van der Waals surface area contributed by atoms with E-state index in [1.165, 1.54) is 0 Å². The smallest absolute Gasteiger partial charge is 0.234 e. The molecule has 5 heteroatoms. The Morgan fingerprint density at radius 2 is 2.13 bits per heavy atom. The van der Waals surface area contributed by atoms with Crippen LogP contribution in [0.4, 0.5) is 0 Å². The van der Waals surface area contributed by atoms with Gasteiger partial charge < -0.3 is 10.2 Å². The molecular formula is C18H30N4O. The van der Waals surface area contributed by atoms with Crippen molar-refractivity contribution in [2.24, 2.45) is 5.92 Å². The van der Waals surface area contributed by atoms with E-state index in [0.29, 0.717) is 12.5 Å². The average molecular weight is 318 g/mol. The van der Waals surface area contributed by atoms with E-state index in [-0.39, 0.29) is 11.9 Å². The Hall–Kier alpha value is -1.46. The lowest BCUT2D eigenvalue weighted by molar-refractivity contribution is -0.123. The SMILES string of the molecule is CC(C)CC(NC(=O)CN1CCCN(C)CC1)c1cccnc1. The van der Waals surface area contributed by atoms with Crippen LogP contribution >= 0.6 is 0 Å². The minimum absolute atomic E-state index is 0.0471. The van der Waals surface area contributed by atoms with E-state index in [1.807, 2.05) is 18.3 Å². The summed E-state index contributed by atoms with van der Waals surface area (Å²) >= 11 is 0. The number of aromatic nitrogens is 1. The van der Waals surface area contributed by atoms with E-state index >= 15 is 0 Å². The zero-order valence-corrected chi connectivity index (χ0v) is 14.7. The third kappa shape index (κ3) is 6.28. The fourth-order valence-electron chi connectivity index (χ4n) is 3.03. The summed E-state index contributed by atoms with van der Waals surface area (Å²) in [6.07, 6.45) is 5.68. The van der Waals surface area contributed by atoms with Gasteiger partial charge in [0.05, 0.1) is 12.6 Å².